The van der Waals surface area contributed by atoms with Gasteiger partial charge in [0.2, 0.25) is 10.0 Å². The van der Waals surface area contributed by atoms with Gasteiger partial charge in [-0.15, -0.1) is 0 Å². The first-order valence-corrected chi connectivity index (χ1v) is 15.9. The Hall–Kier alpha value is -3.67. The molecule has 1 heterocycles. The molecule has 11 heteroatoms. The van der Waals surface area contributed by atoms with E-state index in [0.717, 1.165) is 11.1 Å². The molecule has 0 radical (unpaired) electrons. The number of benzene rings is 4. The van der Waals surface area contributed by atoms with Crippen LogP contribution >= 0.6 is 0 Å². The van der Waals surface area contributed by atoms with Crippen molar-refractivity contribution in [3.05, 3.63) is 143 Å². The van der Waals surface area contributed by atoms with Crippen molar-refractivity contribution >= 4 is 10.0 Å². The summed E-state index contributed by atoms with van der Waals surface area (Å²) in [5.41, 5.74) is -0.723. The highest BCUT2D eigenvalue weighted by molar-refractivity contribution is 7.88. The van der Waals surface area contributed by atoms with Gasteiger partial charge in [-0.1, -0.05) is 91.0 Å². The zero-order chi connectivity index (χ0) is 32.2. The van der Waals surface area contributed by atoms with E-state index in [-0.39, 0.29) is 42.8 Å². The van der Waals surface area contributed by atoms with Crippen LogP contribution < -0.4 is 0 Å². The lowest BCUT2D eigenvalue weighted by Crippen LogP contribution is -2.49. The van der Waals surface area contributed by atoms with Gasteiger partial charge in [-0.2, -0.15) is 26.3 Å². The van der Waals surface area contributed by atoms with E-state index in [0.29, 0.717) is 17.7 Å². The molecule has 0 amide bonds. The van der Waals surface area contributed by atoms with E-state index in [1.165, 1.54) is 4.31 Å². The molecule has 0 saturated carbocycles. The van der Waals surface area contributed by atoms with Crippen molar-refractivity contribution in [3.63, 3.8) is 0 Å². The SMILES string of the molecule is O=S(=O)(Cc1ccccc1)N1CCC(OCc2cc(C(F)(F)F)cc(C(F)(F)F)c2)C(C(c2ccccc2)c2ccccc2)C1. The minimum Gasteiger partial charge on any atom is -0.373 e. The van der Waals surface area contributed by atoms with E-state index < -0.39 is 52.1 Å². The smallest absolute Gasteiger partial charge is 0.373 e. The number of hydrogen-bond donors (Lipinski definition) is 0. The minimum atomic E-state index is -4.98. The van der Waals surface area contributed by atoms with Gasteiger partial charge in [0, 0.05) is 24.9 Å². The average molecular weight is 648 g/mol. The van der Waals surface area contributed by atoms with Crippen molar-refractivity contribution < 1.29 is 39.5 Å². The van der Waals surface area contributed by atoms with E-state index in [2.05, 4.69) is 0 Å². The molecule has 5 rings (SSSR count). The van der Waals surface area contributed by atoms with Gasteiger partial charge in [0.1, 0.15) is 0 Å². The Balaban J connectivity index is 1.50. The summed E-state index contributed by atoms with van der Waals surface area (Å²) < 4.78 is 116. The predicted molar refractivity (Wildman–Crippen MR) is 158 cm³/mol. The maximum Gasteiger partial charge on any atom is 0.416 e. The van der Waals surface area contributed by atoms with Gasteiger partial charge in [0.05, 0.1) is 29.6 Å². The van der Waals surface area contributed by atoms with Crippen LogP contribution in [-0.2, 0) is 39.5 Å². The first kappa shape index (κ1) is 32.7. The maximum absolute atomic E-state index is 13.6. The van der Waals surface area contributed by atoms with Crippen molar-refractivity contribution in [2.24, 2.45) is 5.92 Å². The molecular weight excluding hydrogens is 616 g/mol. The zero-order valence-electron chi connectivity index (χ0n) is 24.0. The first-order valence-electron chi connectivity index (χ1n) is 14.3. The molecule has 1 saturated heterocycles. The number of sulfonamides is 1. The Morgan fingerprint density at radius 3 is 1.69 bits per heavy atom. The molecule has 1 aliphatic heterocycles. The standard InChI is InChI=1S/C34H31F6NO3S/c35-33(36,37)28-18-25(19-29(20-28)34(38,39)40)22-44-31-16-17-41(45(42,43)23-24-10-4-1-5-11-24)21-30(31)32(26-12-6-2-7-13-26)27-14-8-3-9-15-27/h1-15,18-20,30-32H,16-17,21-23H2. The molecule has 0 aliphatic carbocycles. The molecule has 4 nitrogen and oxygen atoms in total. The lowest BCUT2D eigenvalue weighted by molar-refractivity contribution is -0.143. The second-order valence-electron chi connectivity index (χ2n) is 11.1. The number of rotatable bonds is 9. The third-order valence-corrected chi connectivity index (χ3v) is 9.81. The molecule has 2 unspecified atom stereocenters. The van der Waals surface area contributed by atoms with E-state index >= 15 is 0 Å². The fraction of sp³-hybridized carbons (Fsp3) is 0.294. The average Bonchev–Trinajstić information content (AvgIpc) is 3.01. The number of ether oxygens (including phenoxy) is 1. The van der Waals surface area contributed by atoms with Crippen molar-refractivity contribution in [2.45, 2.75) is 43.2 Å². The Bertz CT molecular complexity index is 1590. The third-order valence-electron chi connectivity index (χ3n) is 8.00. The highest BCUT2D eigenvalue weighted by atomic mass is 32.2. The monoisotopic (exact) mass is 647 g/mol. The summed E-state index contributed by atoms with van der Waals surface area (Å²) in [6.45, 7) is -0.380. The summed E-state index contributed by atoms with van der Waals surface area (Å²) in [4.78, 5) is 0. The fourth-order valence-electron chi connectivity index (χ4n) is 5.90. The molecule has 4 aromatic carbocycles. The van der Waals surface area contributed by atoms with Crippen LogP contribution in [0.25, 0.3) is 0 Å². The number of piperidine rings is 1. The molecule has 0 N–H and O–H groups in total. The van der Waals surface area contributed by atoms with E-state index in [1.807, 2.05) is 60.7 Å². The van der Waals surface area contributed by atoms with E-state index in [9.17, 15) is 34.8 Å². The minimum absolute atomic E-state index is 0.0463. The molecule has 45 heavy (non-hydrogen) atoms. The first-order chi connectivity index (χ1) is 21.3. The molecule has 238 valence electrons. The van der Waals surface area contributed by atoms with Crippen LogP contribution in [0.5, 0.6) is 0 Å². The molecular formula is C34H31F6NO3S. The highest BCUT2D eigenvalue weighted by Crippen LogP contribution is 2.41. The van der Waals surface area contributed by atoms with Crippen LogP contribution in [0.3, 0.4) is 0 Å². The second-order valence-corrected chi connectivity index (χ2v) is 13.1. The highest BCUT2D eigenvalue weighted by Gasteiger charge is 2.41. The van der Waals surface area contributed by atoms with Gasteiger partial charge in [-0.25, -0.2) is 12.7 Å². The molecule has 4 aromatic rings. The number of alkyl halides is 6. The predicted octanol–water partition coefficient (Wildman–Crippen LogP) is 8.29. The molecule has 2 atom stereocenters. The van der Waals surface area contributed by atoms with Crippen LogP contribution in [0.15, 0.2) is 109 Å². The van der Waals surface area contributed by atoms with E-state index in [1.54, 1.807) is 30.3 Å². The lowest BCUT2D eigenvalue weighted by Gasteiger charge is -2.42. The fourth-order valence-corrected chi connectivity index (χ4v) is 7.48. The molecule has 1 aliphatic rings. The summed E-state index contributed by atoms with van der Waals surface area (Å²) >= 11 is 0. The summed E-state index contributed by atoms with van der Waals surface area (Å²) in [6.07, 6.45) is -10.5. The zero-order valence-corrected chi connectivity index (χ0v) is 24.8. The Morgan fingerprint density at radius 1 is 0.711 bits per heavy atom. The summed E-state index contributed by atoms with van der Waals surface area (Å²) in [5, 5.41) is 0. The second kappa shape index (κ2) is 13.4. The normalized spacial score (nSPS) is 18.3. The van der Waals surface area contributed by atoms with Crippen molar-refractivity contribution in [1.82, 2.24) is 4.31 Å². The summed E-state index contributed by atoms with van der Waals surface area (Å²) in [7, 11) is -3.77. The lowest BCUT2D eigenvalue weighted by atomic mass is 9.76. The van der Waals surface area contributed by atoms with Gasteiger partial charge in [0.25, 0.3) is 0 Å². The summed E-state index contributed by atoms with van der Waals surface area (Å²) in [5.74, 6) is -1.10. The third kappa shape index (κ3) is 8.14. The Labute approximate surface area is 258 Å². The molecule has 1 fully saturated rings. The quantitative estimate of drug-likeness (QED) is 0.172. The Kier molecular flexibility index (Phi) is 9.71. The maximum atomic E-state index is 13.6. The van der Waals surface area contributed by atoms with Gasteiger partial charge in [-0.3, -0.25) is 0 Å². The Morgan fingerprint density at radius 2 is 1.20 bits per heavy atom. The van der Waals surface area contributed by atoms with Gasteiger partial charge in [-0.05, 0) is 46.9 Å². The van der Waals surface area contributed by atoms with Crippen molar-refractivity contribution in [2.75, 3.05) is 13.1 Å². The van der Waals surface area contributed by atoms with Crippen molar-refractivity contribution in [1.29, 1.82) is 0 Å². The molecule has 0 bridgehead atoms. The van der Waals surface area contributed by atoms with Gasteiger partial charge >= 0.3 is 12.4 Å². The van der Waals surface area contributed by atoms with Crippen molar-refractivity contribution in [3.8, 4) is 0 Å². The molecule has 0 aromatic heterocycles. The van der Waals surface area contributed by atoms with E-state index in [4.69, 9.17) is 4.74 Å². The van der Waals surface area contributed by atoms with Crippen LogP contribution in [0.1, 0.15) is 45.7 Å². The number of nitrogens with zero attached hydrogens (tertiary/aromatic N) is 1. The molecule has 0 spiro atoms. The topological polar surface area (TPSA) is 46.6 Å². The number of halogens is 6. The number of hydrogen-bond acceptors (Lipinski definition) is 3. The van der Waals surface area contributed by atoms with Crippen LogP contribution in [0.2, 0.25) is 0 Å². The van der Waals surface area contributed by atoms with Crippen LogP contribution in [-0.4, -0.2) is 31.9 Å². The van der Waals surface area contributed by atoms with Crippen LogP contribution in [0, 0.1) is 5.92 Å². The largest absolute Gasteiger partial charge is 0.416 e. The summed E-state index contributed by atoms with van der Waals surface area (Å²) in [6, 6.07) is 28.9. The van der Waals surface area contributed by atoms with Gasteiger partial charge in [0.15, 0.2) is 0 Å². The van der Waals surface area contributed by atoms with Crippen LogP contribution in [0.4, 0.5) is 26.3 Å². The van der Waals surface area contributed by atoms with Gasteiger partial charge < -0.3 is 4.74 Å².